The Kier molecular flexibility index (Phi) is 7.87. The topological polar surface area (TPSA) is 102 Å². The highest BCUT2D eigenvalue weighted by molar-refractivity contribution is 5.93. The summed E-state index contributed by atoms with van der Waals surface area (Å²) in [6.07, 6.45) is 1.23. The first-order valence-corrected chi connectivity index (χ1v) is 11.3. The molecule has 2 fully saturated rings. The van der Waals surface area contributed by atoms with E-state index >= 15 is 0 Å². The highest BCUT2D eigenvalue weighted by atomic mass is 19.1. The quantitative estimate of drug-likeness (QED) is 0.422. The van der Waals surface area contributed by atoms with Gasteiger partial charge in [0.25, 0.3) is 5.91 Å². The first-order valence-electron chi connectivity index (χ1n) is 12.3. The van der Waals surface area contributed by atoms with Gasteiger partial charge in [0.15, 0.2) is 0 Å². The molecule has 33 heavy (non-hydrogen) atoms. The van der Waals surface area contributed by atoms with Crippen molar-refractivity contribution in [3.63, 3.8) is 0 Å². The van der Waals surface area contributed by atoms with Crippen LogP contribution in [-0.2, 0) is 14.2 Å². The van der Waals surface area contributed by atoms with E-state index in [1.54, 1.807) is 19.2 Å². The number of rotatable bonds is 14. The summed E-state index contributed by atoms with van der Waals surface area (Å²) in [5, 5.41) is 12.7. The summed E-state index contributed by atoms with van der Waals surface area (Å²) in [7, 11) is 1.65. The predicted molar refractivity (Wildman–Crippen MR) is 121 cm³/mol. The van der Waals surface area contributed by atoms with Crippen molar-refractivity contribution < 1.29 is 36.0 Å². The fourth-order valence-electron chi connectivity index (χ4n) is 3.81. The number of halogens is 1. The number of hydrogen-bond donors (Lipinski definition) is 2. The van der Waals surface area contributed by atoms with Gasteiger partial charge in [0.2, 0.25) is 5.88 Å². The zero-order valence-corrected chi connectivity index (χ0v) is 19.6. The molecule has 3 rings (SSSR count). The number of aliphatic hydroxyl groups excluding tert-OH is 1. The lowest BCUT2D eigenvalue weighted by atomic mass is 9.88. The van der Waals surface area contributed by atoms with Gasteiger partial charge in [-0.25, -0.2) is 9.37 Å². The molecule has 0 saturated carbocycles. The van der Waals surface area contributed by atoms with Crippen LogP contribution in [0.15, 0.2) is 12.1 Å². The standard InChI is InChI=1S/C23H36FN3O6/c1-4-23(5-2,12-28)26-20(29)18-6-7-19(27-10-17(11-27)30-3)21(25-18)33-16-22(14-32-15-22)13-31-9-8-24/h6-7,17,28H,4-5,8-16H2,1-3H3,(H,26,29)/i8D2. The van der Waals surface area contributed by atoms with E-state index in [1.807, 2.05) is 18.7 Å². The third-order valence-corrected chi connectivity index (χ3v) is 6.53. The molecule has 0 unspecified atom stereocenters. The Hall–Kier alpha value is -2.01. The lowest BCUT2D eigenvalue weighted by Gasteiger charge is -2.42. The summed E-state index contributed by atoms with van der Waals surface area (Å²) in [6.45, 7) is 2.17. The number of alkyl halides is 1. The minimum absolute atomic E-state index is 0.0629. The van der Waals surface area contributed by atoms with Gasteiger partial charge in [-0.15, -0.1) is 0 Å². The maximum absolute atomic E-state index is 13.2. The normalized spacial score (nSPS) is 19.2. The number of pyridine rings is 1. The summed E-state index contributed by atoms with van der Waals surface area (Å²) in [4.78, 5) is 19.5. The highest BCUT2D eigenvalue weighted by Gasteiger charge is 2.41. The van der Waals surface area contributed by atoms with Crippen LogP contribution in [-0.4, -0.2) is 94.1 Å². The summed E-state index contributed by atoms with van der Waals surface area (Å²) >= 11 is 0. The molecular weight excluding hydrogens is 433 g/mol. The van der Waals surface area contributed by atoms with Gasteiger partial charge in [-0.1, -0.05) is 13.8 Å². The predicted octanol–water partition coefficient (Wildman–Crippen LogP) is 1.58. The fraction of sp³-hybridized carbons (Fsp3) is 0.739. The lowest BCUT2D eigenvalue weighted by Crippen LogP contribution is -2.53. The Morgan fingerprint density at radius 1 is 1.39 bits per heavy atom. The average molecular weight is 472 g/mol. The number of nitrogens with one attached hydrogen (secondary N) is 1. The van der Waals surface area contributed by atoms with Crippen molar-refractivity contribution in [3.8, 4) is 5.88 Å². The molecule has 0 spiro atoms. The van der Waals surface area contributed by atoms with Crippen LogP contribution >= 0.6 is 0 Å². The molecule has 3 heterocycles. The molecule has 2 aliphatic heterocycles. The monoisotopic (exact) mass is 471 g/mol. The van der Waals surface area contributed by atoms with Crippen LogP contribution in [0.5, 0.6) is 5.88 Å². The second kappa shape index (κ2) is 11.4. The van der Waals surface area contributed by atoms with Crippen molar-refractivity contribution in [3.05, 3.63) is 17.8 Å². The third-order valence-electron chi connectivity index (χ3n) is 6.53. The number of aliphatic hydroxyl groups is 1. The second-order valence-electron chi connectivity index (χ2n) is 8.79. The summed E-state index contributed by atoms with van der Waals surface area (Å²) in [5.74, 6) is -0.144. The van der Waals surface area contributed by atoms with Crippen LogP contribution in [0.3, 0.4) is 0 Å². The molecule has 2 saturated heterocycles. The molecule has 0 atom stereocenters. The number of nitrogens with zero attached hydrogens (tertiary/aromatic N) is 2. The van der Waals surface area contributed by atoms with E-state index in [9.17, 15) is 14.3 Å². The van der Waals surface area contributed by atoms with Crippen molar-refractivity contribution >= 4 is 11.6 Å². The molecule has 0 radical (unpaired) electrons. The molecule has 0 bridgehead atoms. The van der Waals surface area contributed by atoms with E-state index in [-0.39, 0.29) is 37.5 Å². The molecule has 10 heteroatoms. The lowest BCUT2D eigenvalue weighted by molar-refractivity contribution is -0.164. The van der Waals surface area contributed by atoms with Crippen LogP contribution in [0.2, 0.25) is 0 Å². The minimum atomic E-state index is -2.92. The fourth-order valence-corrected chi connectivity index (χ4v) is 3.81. The van der Waals surface area contributed by atoms with Crippen molar-refractivity contribution in [2.45, 2.75) is 38.3 Å². The second-order valence-corrected chi connectivity index (χ2v) is 8.79. The molecule has 1 amide bonds. The summed E-state index contributed by atoms with van der Waals surface area (Å²) in [6, 6.07) is 3.40. The van der Waals surface area contributed by atoms with E-state index in [4.69, 9.17) is 21.7 Å². The van der Waals surface area contributed by atoms with E-state index in [1.165, 1.54) is 0 Å². The summed E-state index contributed by atoms with van der Waals surface area (Å²) < 4.78 is 49.1. The zero-order valence-electron chi connectivity index (χ0n) is 21.6. The number of methoxy groups -OCH3 is 1. The van der Waals surface area contributed by atoms with E-state index in [2.05, 4.69) is 10.3 Å². The Bertz CT molecular complexity index is 850. The zero-order chi connectivity index (χ0) is 25.7. The van der Waals surface area contributed by atoms with Gasteiger partial charge in [-0.05, 0) is 25.0 Å². The Morgan fingerprint density at radius 3 is 2.67 bits per heavy atom. The largest absolute Gasteiger partial charge is 0.475 e. The number of anilines is 1. The molecule has 9 nitrogen and oxygen atoms in total. The number of aromatic nitrogens is 1. The number of hydrogen-bond acceptors (Lipinski definition) is 8. The number of carbonyl (C=O) groups excluding carboxylic acids is 1. The van der Waals surface area contributed by atoms with Gasteiger partial charge >= 0.3 is 0 Å². The van der Waals surface area contributed by atoms with Crippen molar-refractivity contribution in [1.82, 2.24) is 10.3 Å². The minimum Gasteiger partial charge on any atom is -0.475 e. The van der Waals surface area contributed by atoms with E-state index in [0.29, 0.717) is 44.8 Å². The van der Waals surface area contributed by atoms with Crippen molar-refractivity contribution in [2.24, 2.45) is 5.41 Å². The van der Waals surface area contributed by atoms with Crippen LogP contribution in [0.1, 0.15) is 39.9 Å². The molecule has 0 aliphatic carbocycles. The van der Waals surface area contributed by atoms with E-state index < -0.39 is 30.1 Å². The molecule has 1 aromatic rings. The van der Waals surface area contributed by atoms with Gasteiger partial charge in [0, 0.05) is 20.2 Å². The van der Waals surface area contributed by atoms with Gasteiger partial charge in [-0.3, -0.25) is 4.79 Å². The maximum Gasteiger partial charge on any atom is 0.270 e. The molecule has 186 valence electrons. The SMILES string of the molecule is [2H]C([2H])(F)COCC1(COc2nc(C(=O)NC(CC)(CC)CO)ccc2N2CC(OC)C2)COC1. The van der Waals surface area contributed by atoms with Crippen molar-refractivity contribution in [1.29, 1.82) is 0 Å². The highest BCUT2D eigenvalue weighted by Crippen LogP contribution is 2.34. The molecule has 2 aliphatic rings. The van der Waals surface area contributed by atoms with Gasteiger partial charge in [0.05, 0.1) is 52.8 Å². The first-order chi connectivity index (χ1) is 16.6. The molecule has 1 aromatic heterocycles. The number of amides is 1. The van der Waals surface area contributed by atoms with Gasteiger partial charge in [0.1, 0.15) is 24.6 Å². The Morgan fingerprint density at radius 2 is 2.12 bits per heavy atom. The Balaban J connectivity index is 1.76. The van der Waals surface area contributed by atoms with Gasteiger partial charge in [-0.2, -0.15) is 0 Å². The number of ether oxygens (including phenoxy) is 4. The summed E-state index contributed by atoms with van der Waals surface area (Å²) in [5.41, 5.74) is -0.421. The third kappa shape index (κ3) is 5.92. The van der Waals surface area contributed by atoms with Crippen LogP contribution in [0, 0.1) is 5.41 Å². The Labute approximate surface area is 197 Å². The molecule has 0 aromatic carbocycles. The van der Waals surface area contributed by atoms with Crippen molar-refractivity contribution in [2.75, 3.05) is 71.4 Å². The van der Waals surface area contributed by atoms with E-state index in [0.717, 1.165) is 0 Å². The maximum atomic E-state index is 13.2. The first kappa shape index (κ1) is 22.8. The van der Waals surface area contributed by atoms with Crippen LogP contribution in [0.4, 0.5) is 10.1 Å². The molecule has 2 N–H and O–H groups in total. The van der Waals surface area contributed by atoms with Crippen LogP contribution in [0.25, 0.3) is 0 Å². The number of carbonyl (C=O) groups is 1. The average Bonchev–Trinajstić information content (AvgIpc) is 2.77. The smallest absolute Gasteiger partial charge is 0.270 e. The van der Waals surface area contributed by atoms with Gasteiger partial charge < -0.3 is 34.3 Å². The van der Waals surface area contributed by atoms with Crippen LogP contribution < -0.4 is 15.0 Å². The molecular formula is C23H36FN3O6.